The maximum absolute atomic E-state index is 6.01. The van der Waals surface area contributed by atoms with Gasteiger partial charge in [-0.1, -0.05) is 23.7 Å². The molecular formula is C12H12ClN3. The fourth-order valence-electron chi connectivity index (χ4n) is 1.47. The lowest BCUT2D eigenvalue weighted by atomic mass is 10.1. The molecule has 0 fully saturated rings. The van der Waals surface area contributed by atoms with Gasteiger partial charge < -0.3 is 5.73 Å². The monoisotopic (exact) mass is 233 g/mol. The highest BCUT2D eigenvalue weighted by atomic mass is 35.5. The normalized spacial score (nSPS) is 12.4. The summed E-state index contributed by atoms with van der Waals surface area (Å²) in [7, 11) is 0. The Bertz CT molecular complexity index is 442. The van der Waals surface area contributed by atoms with Crippen molar-refractivity contribution in [2.45, 2.75) is 12.5 Å². The maximum Gasteiger partial charge on any atom is 0.145 e. The van der Waals surface area contributed by atoms with Crippen LogP contribution in [0.5, 0.6) is 0 Å². The Morgan fingerprint density at radius 2 is 1.75 bits per heavy atom. The Balaban J connectivity index is 2.08. The zero-order chi connectivity index (χ0) is 11.4. The number of benzene rings is 1. The lowest BCUT2D eigenvalue weighted by molar-refractivity contribution is 0.667. The molecule has 1 atom stereocenters. The molecular weight excluding hydrogens is 222 g/mol. The van der Waals surface area contributed by atoms with Gasteiger partial charge in [-0.25, -0.2) is 9.97 Å². The fraction of sp³-hybridized carbons (Fsp3) is 0.167. The van der Waals surface area contributed by atoms with Crippen LogP contribution in [-0.2, 0) is 6.42 Å². The minimum absolute atomic E-state index is 0.178. The van der Waals surface area contributed by atoms with E-state index in [1.54, 1.807) is 18.5 Å². The van der Waals surface area contributed by atoms with Gasteiger partial charge in [-0.15, -0.1) is 0 Å². The number of halogens is 1. The first kappa shape index (κ1) is 11.0. The molecule has 0 bridgehead atoms. The standard InChI is InChI=1S/C12H12ClN3/c13-10-4-2-9(3-5-10)8-11(14)12-15-6-1-7-16-12/h1-7,11H,8,14H2. The third kappa shape index (κ3) is 2.78. The van der Waals surface area contributed by atoms with Crippen molar-refractivity contribution < 1.29 is 0 Å². The predicted molar refractivity (Wildman–Crippen MR) is 64.1 cm³/mol. The first-order valence-electron chi connectivity index (χ1n) is 5.02. The van der Waals surface area contributed by atoms with Crippen LogP contribution in [0.25, 0.3) is 0 Å². The highest BCUT2D eigenvalue weighted by Crippen LogP contribution is 2.14. The molecule has 0 saturated heterocycles. The average Bonchev–Trinajstić information content (AvgIpc) is 2.33. The van der Waals surface area contributed by atoms with E-state index in [0.29, 0.717) is 12.2 Å². The van der Waals surface area contributed by atoms with E-state index < -0.39 is 0 Å². The molecule has 16 heavy (non-hydrogen) atoms. The van der Waals surface area contributed by atoms with E-state index in [1.165, 1.54) is 0 Å². The molecule has 1 aromatic carbocycles. The van der Waals surface area contributed by atoms with Crippen molar-refractivity contribution in [3.63, 3.8) is 0 Å². The van der Waals surface area contributed by atoms with E-state index in [-0.39, 0.29) is 6.04 Å². The zero-order valence-electron chi connectivity index (χ0n) is 8.68. The Morgan fingerprint density at radius 1 is 1.12 bits per heavy atom. The van der Waals surface area contributed by atoms with Gasteiger partial charge in [-0.2, -0.15) is 0 Å². The minimum Gasteiger partial charge on any atom is -0.321 e. The Kier molecular flexibility index (Phi) is 3.49. The highest BCUT2D eigenvalue weighted by Gasteiger charge is 2.08. The maximum atomic E-state index is 6.01. The van der Waals surface area contributed by atoms with Crippen molar-refractivity contribution in [2.24, 2.45) is 5.73 Å². The molecule has 0 spiro atoms. The molecule has 0 aliphatic rings. The van der Waals surface area contributed by atoms with Crippen LogP contribution in [0.2, 0.25) is 5.02 Å². The molecule has 1 heterocycles. The SMILES string of the molecule is NC(Cc1ccc(Cl)cc1)c1ncccn1. The molecule has 2 rings (SSSR count). The summed E-state index contributed by atoms with van der Waals surface area (Å²) in [5, 5.41) is 0.730. The second-order valence-electron chi connectivity index (χ2n) is 3.54. The van der Waals surface area contributed by atoms with Gasteiger partial charge in [0.2, 0.25) is 0 Å². The number of rotatable bonds is 3. The largest absolute Gasteiger partial charge is 0.321 e. The van der Waals surface area contributed by atoms with E-state index in [2.05, 4.69) is 9.97 Å². The van der Waals surface area contributed by atoms with E-state index >= 15 is 0 Å². The zero-order valence-corrected chi connectivity index (χ0v) is 9.43. The van der Waals surface area contributed by atoms with Crippen LogP contribution in [0.4, 0.5) is 0 Å². The van der Waals surface area contributed by atoms with Crippen LogP contribution in [0.1, 0.15) is 17.4 Å². The molecule has 82 valence electrons. The number of hydrogen-bond acceptors (Lipinski definition) is 3. The summed E-state index contributed by atoms with van der Waals surface area (Å²) in [5.41, 5.74) is 7.14. The number of hydrogen-bond donors (Lipinski definition) is 1. The number of aromatic nitrogens is 2. The lowest BCUT2D eigenvalue weighted by Gasteiger charge is -2.09. The van der Waals surface area contributed by atoms with Crippen LogP contribution in [0.15, 0.2) is 42.7 Å². The van der Waals surface area contributed by atoms with E-state index in [0.717, 1.165) is 10.6 Å². The van der Waals surface area contributed by atoms with E-state index in [9.17, 15) is 0 Å². The lowest BCUT2D eigenvalue weighted by Crippen LogP contribution is -2.16. The van der Waals surface area contributed by atoms with Gasteiger partial charge in [-0.05, 0) is 30.2 Å². The minimum atomic E-state index is -0.178. The molecule has 1 unspecified atom stereocenters. The summed E-state index contributed by atoms with van der Waals surface area (Å²) in [6.45, 7) is 0. The van der Waals surface area contributed by atoms with Gasteiger partial charge in [0.15, 0.2) is 0 Å². The van der Waals surface area contributed by atoms with Gasteiger partial charge in [0.25, 0.3) is 0 Å². The van der Waals surface area contributed by atoms with Crippen LogP contribution in [0.3, 0.4) is 0 Å². The van der Waals surface area contributed by atoms with Crippen molar-refractivity contribution in [2.75, 3.05) is 0 Å². The van der Waals surface area contributed by atoms with Crippen molar-refractivity contribution in [3.8, 4) is 0 Å². The topological polar surface area (TPSA) is 51.8 Å². The molecule has 4 heteroatoms. The van der Waals surface area contributed by atoms with Crippen molar-refractivity contribution in [1.29, 1.82) is 0 Å². The third-order valence-corrected chi connectivity index (χ3v) is 2.54. The summed E-state index contributed by atoms with van der Waals surface area (Å²) in [5.74, 6) is 0.664. The smallest absolute Gasteiger partial charge is 0.145 e. The molecule has 0 radical (unpaired) electrons. The Labute approximate surface area is 99.3 Å². The highest BCUT2D eigenvalue weighted by molar-refractivity contribution is 6.30. The van der Waals surface area contributed by atoms with Crippen molar-refractivity contribution >= 4 is 11.6 Å². The summed E-state index contributed by atoms with van der Waals surface area (Å²) >= 11 is 5.81. The van der Waals surface area contributed by atoms with E-state index in [1.807, 2.05) is 24.3 Å². The number of nitrogens with two attached hydrogens (primary N) is 1. The first-order chi connectivity index (χ1) is 7.75. The first-order valence-corrected chi connectivity index (χ1v) is 5.40. The Morgan fingerprint density at radius 3 is 2.38 bits per heavy atom. The van der Waals surface area contributed by atoms with Crippen LogP contribution < -0.4 is 5.73 Å². The third-order valence-electron chi connectivity index (χ3n) is 2.29. The average molecular weight is 234 g/mol. The number of nitrogens with zero attached hydrogens (tertiary/aromatic N) is 2. The van der Waals surface area contributed by atoms with Gasteiger partial charge in [0.05, 0.1) is 6.04 Å². The predicted octanol–water partition coefficient (Wildman–Crippen LogP) is 2.37. The Hall–Kier alpha value is -1.45. The molecule has 0 aliphatic carbocycles. The second kappa shape index (κ2) is 5.05. The van der Waals surface area contributed by atoms with E-state index in [4.69, 9.17) is 17.3 Å². The molecule has 2 aromatic rings. The van der Waals surface area contributed by atoms with Crippen molar-refractivity contribution in [1.82, 2.24) is 9.97 Å². The van der Waals surface area contributed by atoms with Crippen LogP contribution in [-0.4, -0.2) is 9.97 Å². The molecule has 3 nitrogen and oxygen atoms in total. The molecule has 1 aromatic heterocycles. The molecule has 0 aliphatic heterocycles. The van der Waals surface area contributed by atoms with Gasteiger partial charge >= 0.3 is 0 Å². The molecule has 2 N–H and O–H groups in total. The van der Waals surface area contributed by atoms with Crippen LogP contribution >= 0.6 is 11.6 Å². The van der Waals surface area contributed by atoms with Gasteiger partial charge in [0.1, 0.15) is 5.82 Å². The molecule has 0 saturated carbocycles. The van der Waals surface area contributed by atoms with Gasteiger partial charge in [-0.3, -0.25) is 0 Å². The molecule has 0 amide bonds. The summed E-state index contributed by atoms with van der Waals surface area (Å²) in [4.78, 5) is 8.26. The summed E-state index contributed by atoms with van der Waals surface area (Å²) in [6, 6.07) is 9.24. The van der Waals surface area contributed by atoms with Gasteiger partial charge in [0, 0.05) is 17.4 Å². The second-order valence-corrected chi connectivity index (χ2v) is 3.98. The summed E-state index contributed by atoms with van der Waals surface area (Å²) in [6.07, 6.45) is 4.11. The fourth-order valence-corrected chi connectivity index (χ4v) is 1.59. The van der Waals surface area contributed by atoms with Crippen molar-refractivity contribution in [3.05, 3.63) is 59.1 Å². The van der Waals surface area contributed by atoms with Crippen LogP contribution in [0, 0.1) is 0 Å². The quantitative estimate of drug-likeness (QED) is 0.886. The summed E-state index contributed by atoms with van der Waals surface area (Å²) < 4.78 is 0.